The van der Waals surface area contributed by atoms with Crippen molar-refractivity contribution in [2.45, 2.75) is 0 Å². The number of rotatable bonds is 5. The number of carbonyl (C=O) groups is 2. The summed E-state index contributed by atoms with van der Waals surface area (Å²) < 4.78 is 8.61. The van der Waals surface area contributed by atoms with Crippen LogP contribution in [0.15, 0.2) is 54.3 Å². The predicted octanol–water partition coefficient (Wildman–Crippen LogP) is 3.65. The van der Waals surface area contributed by atoms with Crippen molar-refractivity contribution in [1.82, 2.24) is 19.2 Å². The van der Waals surface area contributed by atoms with Crippen LogP contribution in [-0.4, -0.2) is 31.0 Å². The van der Waals surface area contributed by atoms with Gasteiger partial charge >= 0.3 is 5.97 Å². The lowest BCUT2D eigenvalue weighted by Crippen LogP contribution is -2.11. The highest BCUT2D eigenvalue weighted by atomic mass is 35.5. The average molecular weight is 428 g/mol. The lowest BCUT2D eigenvalue weighted by molar-refractivity contribution is -0.128. The van der Waals surface area contributed by atoms with E-state index in [1.807, 2.05) is 11.6 Å². The van der Waals surface area contributed by atoms with E-state index in [0.717, 1.165) is 4.96 Å². The molecule has 1 aromatic carbocycles. The van der Waals surface area contributed by atoms with Gasteiger partial charge in [-0.05, 0) is 30.3 Å². The Morgan fingerprint density at radius 2 is 2.07 bits per heavy atom. The van der Waals surface area contributed by atoms with Crippen LogP contribution in [0.2, 0.25) is 5.15 Å². The van der Waals surface area contributed by atoms with E-state index in [1.54, 1.807) is 52.7 Å². The number of ether oxygens (including phenoxy) is 1. The third kappa shape index (κ3) is 4.20. The van der Waals surface area contributed by atoms with Crippen molar-refractivity contribution < 1.29 is 14.3 Å². The fourth-order valence-corrected chi connectivity index (χ4v) is 3.58. The number of aryl methyl sites for hydroxylation is 1. The molecule has 4 rings (SSSR count). The molecule has 1 amide bonds. The van der Waals surface area contributed by atoms with Crippen LogP contribution in [0.5, 0.6) is 5.75 Å². The van der Waals surface area contributed by atoms with Gasteiger partial charge in [-0.2, -0.15) is 5.10 Å². The topological polar surface area (TPSA) is 90.5 Å². The molecule has 0 aliphatic carbocycles. The highest BCUT2D eigenvalue weighted by Crippen LogP contribution is 2.22. The van der Waals surface area contributed by atoms with Crippen LogP contribution in [0.25, 0.3) is 11.0 Å². The minimum Gasteiger partial charge on any atom is -0.423 e. The van der Waals surface area contributed by atoms with E-state index in [2.05, 4.69) is 15.4 Å². The van der Waals surface area contributed by atoms with E-state index in [-0.39, 0.29) is 5.91 Å². The van der Waals surface area contributed by atoms with Gasteiger partial charge in [0.1, 0.15) is 5.75 Å². The Hall–Kier alpha value is -3.43. The van der Waals surface area contributed by atoms with E-state index < -0.39 is 5.97 Å². The van der Waals surface area contributed by atoms with Gasteiger partial charge in [0.05, 0.1) is 17.5 Å². The largest absolute Gasteiger partial charge is 0.423 e. The number of esters is 1. The van der Waals surface area contributed by atoms with Crippen LogP contribution in [0.3, 0.4) is 0 Å². The smallest absolute Gasteiger partial charge is 0.336 e. The maximum Gasteiger partial charge on any atom is 0.336 e. The van der Waals surface area contributed by atoms with Gasteiger partial charge in [-0.3, -0.25) is 13.9 Å². The van der Waals surface area contributed by atoms with Gasteiger partial charge in [-0.15, -0.1) is 11.3 Å². The summed E-state index contributed by atoms with van der Waals surface area (Å²) in [6, 6.07) is 6.47. The molecule has 29 heavy (non-hydrogen) atoms. The first-order valence-electron chi connectivity index (χ1n) is 8.40. The Bertz CT molecular complexity index is 1220. The first-order valence-corrected chi connectivity index (χ1v) is 9.66. The number of imidazole rings is 1. The molecule has 4 aromatic rings. The molecule has 0 saturated heterocycles. The van der Waals surface area contributed by atoms with Crippen LogP contribution >= 0.6 is 22.9 Å². The molecule has 0 fully saturated rings. The lowest BCUT2D eigenvalue weighted by Gasteiger charge is -2.05. The van der Waals surface area contributed by atoms with Gasteiger partial charge in [0.25, 0.3) is 5.91 Å². The Balaban J connectivity index is 1.38. The summed E-state index contributed by atoms with van der Waals surface area (Å²) >= 11 is 7.54. The molecule has 0 saturated carbocycles. The normalized spacial score (nSPS) is 11.2. The van der Waals surface area contributed by atoms with Crippen LogP contribution < -0.4 is 10.1 Å². The Morgan fingerprint density at radius 3 is 2.79 bits per heavy atom. The zero-order valence-electron chi connectivity index (χ0n) is 15.1. The average Bonchev–Trinajstić information content (AvgIpc) is 3.38. The van der Waals surface area contributed by atoms with Gasteiger partial charge in [0.2, 0.25) is 0 Å². The van der Waals surface area contributed by atoms with E-state index in [4.69, 9.17) is 16.3 Å². The van der Waals surface area contributed by atoms with Gasteiger partial charge in [0.15, 0.2) is 10.1 Å². The second-order valence-electron chi connectivity index (χ2n) is 5.98. The number of halogens is 1. The lowest BCUT2D eigenvalue weighted by atomic mass is 10.2. The number of hydrogen-bond donors (Lipinski definition) is 1. The van der Waals surface area contributed by atoms with Crippen molar-refractivity contribution in [2.24, 2.45) is 7.05 Å². The van der Waals surface area contributed by atoms with Crippen LogP contribution in [0, 0.1) is 0 Å². The van der Waals surface area contributed by atoms with E-state index in [9.17, 15) is 9.59 Å². The minimum absolute atomic E-state index is 0.275. The standard InChI is InChI=1S/C19H14ClN5O3S/c1-24-11-12(10-21-24)18(27)22-13-2-4-14(5-3-13)28-16(26)7-6-15-17(20)23-19-25(15)8-9-29-19/h2-11H,1H3,(H,22,27)/b7-6+. The number of thiazole rings is 1. The fourth-order valence-electron chi connectivity index (χ4n) is 2.57. The summed E-state index contributed by atoms with van der Waals surface area (Å²) in [5, 5.41) is 8.90. The van der Waals surface area contributed by atoms with E-state index in [1.165, 1.54) is 23.6 Å². The zero-order chi connectivity index (χ0) is 20.4. The first kappa shape index (κ1) is 18.9. The Morgan fingerprint density at radius 1 is 1.28 bits per heavy atom. The number of amides is 1. The van der Waals surface area contributed by atoms with E-state index >= 15 is 0 Å². The molecule has 1 N–H and O–H groups in total. The Kier molecular flexibility index (Phi) is 5.15. The number of nitrogens with one attached hydrogen (secondary N) is 1. The molecular weight excluding hydrogens is 414 g/mol. The zero-order valence-corrected chi connectivity index (χ0v) is 16.6. The fraction of sp³-hybridized carbons (Fsp3) is 0.0526. The van der Waals surface area contributed by atoms with Gasteiger partial charge in [-0.25, -0.2) is 9.78 Å². The summed E-state index contributed by atoms with van der Waals surface area (Å²) in [6.07, 6.45) is 7.76. The summed E-state index contributed by atoms with van der Waals surface area (Å²) in [6.45, 7) is 0. The van der Waals surface area contributed by atoms with E-state index in [0.29, 0.717) is 27.8 Å². The third-order valence-electron chi connectivity index (χ3n) is 3.93. The molecule has 0 aliphatic heterocycles. The van der Waals surface area contributed by atoms with Gasteiger partial charge < -0.3 is 10.1 Å². The summed E-state index contributed by atoms with van der Waals surface area (Å²) in [5.41, 5.74) is 1.62. The maximum atomic E-state index is 12.1. The van der Waals surface area contributed by atoms with Crippen molar-refractivity contribution in [3.05, 3.63) is 70.7 Å². The number of hydrogen-bond acceptors (Lipinski definition) is 6. The van der Waals surface area contributed by atoms with Crippen LogP contribution in [-0.2, 0) is 11.8 Å². The molecule has 0 radical (unpaired) electrons. The minimum atomic E-state index is -0.557. The molecule has 0 bridgehead atoms. The number of fused-ring (bicyclic) bond motifs is 1. The van der Waals surface area contributed by atoms with Crippen molar-refractivity contribution in [3.63, 3.8) is 0 Å². The second-order valence-corrected chi connectivity index (χ2v) is 7.21. The molecule has 10 heteroatoms. The summed E-state index contributed by atoms with van der Waals surface area (Å²) in [7, 11) is 1.73. The molecule has 0 spiro atoms. The number of anilines is 1. The molecule has 8 nitrogen and oxygen atoms in total. The highest BCUT2D eigenvalue weighted by Gasteiger charge is 2.10. The quantitative estimate of drug-likeness (QED) is 0.298. The van der Waals surface area contributed by atoms with Crippen molar-refractivity contribution in [3.8, 4) is 5.75 Å². The van der Waals surface area contributed by atoms with Gasteiger partial charge in [0, 0.05) is 36.6 Å². The van der Waals surface area contributed by atoms with Gasteiger partial charge in [-0.1, -0.05) is 11.6 Å². The monoisotopic (exact) mass is 427 g/mol. The molecule has 3 heterocycles. The molecule has 0 atom stereocenters. The summed E-state index contributed by atoms with van der Waals surface area (Å²) in [4.78, 5) is 29.1. The molecule has 3 aromatic heterocycles. The Labute approximate surface area is 174 Å². The summed E-state index contributed by atoms with van der Waals surface area (Å²) in [5.74, 6) is -0.485. The highest BCUT2D eigenvalue weighted by molar-refractivity contribution is 7.15. The predicted molar refractivity (Wildman–Crippen MR) is 110 cm³/mol. The third-order valence-corrected chi connectivity index (χ3v) is 4.96. The van der Waals surface area contributed by atoms with Crippen molar-refractivity contribution in [1.29, 1.82) is 0 Å². The van der Waals surface area contributed by atoms with Crippen LogP contribution in [0.1, 0.15) is 16.1 Å². The first-order chi connectivity index (χ1) is 14.0. The molecule has 146 valence electrons. The maximum absolute atomic E-state index is 12.1. The molecule has 0 unspecified atom stereocenters. The second kappa shape index (κ2) is 7.90. The molecular formula is C19H14ClN5O3S. The molecule has 0 aliphatic rings. The van der Waals surface area contributed by atoms with Crippen LogP contribution in [0.4, 0.5) is 5.69 Å². The number of nitrogens with zero attached hydrogens (tertiary/aromatic N) is 4. The van der Waals surface area contributed by atoms with Crippen molar-refractivity contribution >= 4 is 51.5 Å². The van der Waals surface area contributed by atoms with Crippen molar-refractivity contribution in [2.75, 3.05) is 5.32 Å². The number of aromatic nitrogens is 4. The SMILES string of the molecule is Cn1cc(C(=O)Nc2ccc(OC(=O)/C=C/c3c(Cl)nc4sccn34)cc2)cn1. The number of benzene rings is 1. The number of carbonyl (C=O) groups excluding carboxylic acids is 2.